The summed E-state index contributed by atoms with van der Waals surface area (Å²) in [6.45, 7) is 8.34. The van der Waals surface area contributed by atoms with Crippen molar-refractivity contribution in [1.82, 2.24) is 5.32 Å². The minimum atomic E-state index is -0.855. The van der Waals surface area contributed by atoms with Crippen LogP contribution >= 0.6 is 0 Å². The number of hydrogen-bond donors (Lipinski definition) is 2. The van der Waals surface area contributed by atoms with Crippen LogP contribution in [0.25, 0.3) is 0 Å². The van der Waals surface area contributed by atoms with Gasteiger partial charge >= 0.3 is 0 Å². The van der Waals surface area contributed by atoms with Crippen LogP contribution in [0.3, 0.4) is 0 Å². The molecule has 2 N–H and O–H groups in total. The van der Waals surface area contributed by atoms with Gasteiger partial charge in [0, 0.05) is 5.56 Å². The maximum Gasteiger partial charge on any atom is 0.125 e. The van der Waals surface area contributed by atoms with Gasteiger partial charge in [0.2, 0.25) is 0 Å². The maximum atomic E-state index is 10.6. The number of ether oxygens (including phenoxy) is 1. The van der Waals surface area contributed by atoms with Crippen molar-refractivity contribution in [2.24, 2.45) is 0 Å². The third-order valence-electron chi connectivity index (χ3n) is 2.98. The van der Waals surface area contributed by atoms with Gasteiger partial charge in [0.25, 0.3) is 0 Å². The summed E-state index contributed by atoms with van der Waals surface area (Å²) >= 11 is 0. The first kappa shape index (κ1) is 15.0. The largest absolute Gasteiger partial charge is 0.493 e. The van der Waals surface area contributed by atoms with Crippen molar-refractivity contribution in [3.63, 3.8) is 0 Å². The van der Waals surface area contributed by atoms with Crippen LogP contribution in [0.5, 0.6) is 5.75 Å². The fourth-order valence-corrected chi connectivity index (χ4v) is 1.96. The zero-order valence-corrected chi connectivity index (χ0v) is 11.7. The predicted molar refractivity (Wildman–Crippen MR) is 75.0 cm³/mol. The van der Waals surface area contributed by atoms with Crippen molar-refractivity contribution in [3.8, 4) is 5.75 Å². The molecule has 1 atom stereocenters. The number of nitrogens with one attached hydrogen (secondary N) is 1. The Morgan fingerprint density at radius 1 is 1.22 bits per heavy atom. The van der Waals surface area contributed by atoms with Crippen LogP contribution in [0.15, 0.2) is 24.3 Å². The molecule has 0 aliphatic rings. The first-order valence-electron chi connectivity index (χ1n) is 6.77. The van der Waals surface area contributed by atoms with E-state index in [1.807, 2.05) is 38.1 Å². The van der Waals surface area contributed by atoms with E-state index < -0.39 is 5.60 Å². The van der Waals surface area contributed by atoms with Gasteiger partial charge in [0.15, 0.2) is 0 Å². The molecular weight excluding hydrogens is 226 g/mol. The molecule has 1 aromatic rings. The summed E-state index contributed by atoms with van der Waals surface area (Å²) in [5.74, 6) is 0.778. The Morgan fingerprint density at radius 2 is 1.94 bits per heavy atom. The van der Waals surface area contributed by atoms with Gasteiger partial charge in [-0.3, -0.25) is 0 Å². The van der Waals surface area contributed by atoms with E-state index in [9.17, 15) is 5.11 Å². The highest BCUT2D eigenvalue weighted by atomic mass is 16.5. The van der Waals surface area contributed by atoms with Gasteiger partial charge in [-0.15, -0.1) is 0 Å². The third kappa shape index (κ3) is 4.31. The van der Waals surface area contributed by atoms with Crippen LogP contribution in [-0.2, 0) is 5.60 Å². The molecule has 1 rings (SSSR count). The van der Waals surface area contributed by atoms with Crippen molar-refractivity contribution in [3.05, 3.63) is 29.8 Å². The Hall–Kier alpha value is -1.06. The average Bonchev–Trinajstić information content (AvgIpc) is 2.36. The van der Waals surface area contributed by atoms with Crippen LogP contribution < -0.4 is 10.1 Å². The Kier molecular flexibility index (Phi) is 6.16. The van der Waals surface area contributed by atoms with E-state index in [0.29, 0.717) is 13.0 Å². The molecule has 0 bridgehead atoms. The average molecular weight is 251 g/mol. The quantitative estimate of drug-likeness (QED) is 0.698. The van der Waals surface area contributed by atoms with E-state index in [2.05, 4.69) is 12.2 Å². The normalized spacial score (nSPS) is 14.2. The molecule has 0 fully saturated rings. The Labute approximate surface area is 110 Å². The fraction of sp³-hybridized carbons (Fsp3) is 0.600. The number of benzene rings is 1. The lowest BCUT2D eigenvalue weighted by Gasteiger charge is -2.26. The molecule has 0 heterocycles. The van der Waals surface area contributed by atoms with Crippen molar-refractivity contribution in [2.45, 2.75) is 39.2 Å². The smallest absolute Gasteiger partial charge is 0.125 e. The van der Waals surface area contributed by atoms with Crippen molar-refractivity contribution in [1.29, 1.82) is 0 Å². The Morgan fingerprint density at radius 3 is 2.61 bits per heavy atom. The van der Waals surface area contributed by atoms with Crippen LogP contribution in [0.1, 0.15) is 39.2 Å². The van der Waals surface area contributed by atoms with Gasteiger partial charge < -0.3 is 15.2 Å². The highest BCUT2D eigenvalue weighted by Gasteiger charge is 2.25. The van der Waals surface area contributed by atoms with E-state index in [1.165, 1.54) is 0 Å². The Balaban J connectivity index is 2.70. The second kappa shape index (κ2) is 7.39. The summed E-state index contributed by atoms with van der Waals surface area (Å²) < 4.78 is 5.57. The van der Waals surface area contributed by atoms with E-state index in [0.717, 1.165) is 30.8 Å². The SMILES string of the molecule is CCCNCCC(C)(O)c1ccccc1OCC. The topological polar surface area (TPSA) is 41.5 Å². The van der Waals surface area contributed by atoms with Gasteiger partial charge in [-0.1, -0.05) is 25.1 Å². The summed E-state index contributed by atoms with van der Waals surface area (Å²) in [6.07, 6.45) is 1.79. The lowest BCUT2D eigenvalue weighted by atomic mass is 9.91. The lowest BCUT2D eigenvalue weighted by molar-refractivity contribution is 0.0450. The molecule has 0 aliphatic carbocycles. The van der Waals surface area contributed by atoms with Gasteiger partial charge in [-0.05, 0) is 45.8 Å². The first-order chi connectivity index (χ1) is 8.61. The number of rotatable bonds is 8. The zero-order valence-electron chi connectivity index (χ0n) is 11.7. The molecule has 0 saturated carbocycles. The molecule has 3 heteroatoms. The van der Waals surface area contributed by atoms with Gasteiger partial charge in [0.1, 0.15) is 5.75 Å². The number of para-hydroxylation sites is 1. The predicted octanol–water partition coefficient (Wildman–Crippen LogP) is 2.68. The summed E-state index contributed by atoms with van der Waals surface area (Å²) in [5, 5.41) is 13.9. The highest BCUT2D eigenvalue weighted by molar-refractivity contribution is 5.37. The fourth-order valence-electron chi connectivity index (χ4n) is 1.96. The molecule has 0 aliphatic heterocycles. The molecule has 0 saturated heterocycles. The number of aliphatic hydroxyl groups is 1. The molecule has 102 valence electrons. The molecule has 1 unspecified atom stereocenters. The van der Waals surface area contributed by atoms with E-state index >= 15 is 0 Å². The van der Waals surface area contributed by atoms with E-state index in [1.54, 1.807) is 0 Å². The second-order valence-corrected chi connectivity index (χ2v) is 4.70. The molecule has 0 spiro atoms. The molecule has 3 nitrogen and oxygen atoms in total. The Bertz CT molecular complexity index is 350. The monoisotopic (exact) mass is 251 g/mol. The maximum absolute atomic E-state index is 10.6. The van der Waals surface area contributed by atoms with Crippen molar-refractivity contribution < 1.29 is 9.84 Å². The van der Waals surface area contributed by atoms with Gasteiger partial charge in [-0.2, -0.15) is 0 Å². The number of hydrogen-bond acceptors (Lipinski definition) is 3. The van der Waals surface area contributed by atoms with Crippen LogP contribution in [0.2, 0.25) is 0 Å². The standard InChI is InChI=1S/C15H25NO2/c1-4-11-16-12-10-15(3,17)13-8-6-7-9-14(13)18-5-2/h6-9,16-17H,4-5,10-12H2,1-3H3. The molecular formula is C15H25NO2. The minimum absolute atomic E-state index is 0.612. The molecule has 1 aromatic carbocycles. The van der Waals surface area contributed by atoms with Crippen LogP contribution in [0.4, 0.5) is 0 Å². The summed E-state index contributed by atoms with van der Waals surface area (Å²) in [4.78, 5) is 0. The van der Waals surface area contributed by atoms with Gasteiger partial charge in [-0.25, -0.2) is 0 Å². The summed E-state index contributed by atoms with van der Waals surface area (Å²) in [6, 6.07) is 7.71. The molecule has 0 radical (unpaired) electrons. The molecule has 18 heavy (non-hydrogen) atoms. The second-order valence-electron chi connectivity index (χ2n) is 4.70. The lowest BCUT2D eigenvalue weighted by Crippen LogP contribution is -2.28. The van der Waals surface area contributed by atoms with Crippen LogP contribution in [-0.4, -0.2) is 24.8 Å². The van der Waals surface area contributed by atoms with Gasteiger partial charge in [0.05, 0.1) is 12.2 Å². The highest BCUT2D eigenvalue weighted by Crippen LogP contribution is 2.32. The first-order valence-corrected chi connectivity index (χ1v) is 6.77. The van der Waals surface area contributed by atoms with Crippen molar-refractivity contribution in [2.75, 3.05) is 19.7 Å². The zero-order chi connectivity index (χ0) is 13.4. The van der Waals surface area contributed by atoms with Crippen LogP contribution in [0, 0.1) is 0 Å². The van der Waals surface area contributed by atoms with E-state index in [-0.39, 0.29) is 0 Å². The van der Waals surface area contributed by atoms with Crippen molar-refractivity contribution >= 4 is 0 Å². The summed E-state index contributed by atoms with van der Waals surface area (Å²) in [7, 11) is 0. The van der Waals surface area contributed by atoms with E-state index in [4.69, 9.17) is 4.74 Å². The third-order valence-corrected chi connectivity index (χ3v) is 2.98. The summed E-state index contributed by atoms with van der Waals surface area (Å²) in [5.41, 5.74) is 0.0112. The molecule has 0 aromatic heterocycles. The molecule has 0 amide bonds. The minimum Gasteiger partial charge on any atom is -0.493 e.